The lowest BCUT2D eigenvalue weighted by Crippen LogP contribution is -2.04. The Kier molecular flexibility index (Phi) is 4.82. The van der Waals surface area contributed by atoms with Crippen molar-refractivity contribution in [2.45, 2.75) is 4.11 Å². The van der Waals surface area contributed by atoms with Crippen LogP contribution in [-0.4, -0.2) is 6.79 Å². The van der Waals surface area contributed by atoms with Gasteiger partial charge in [0.25, 0.3) is 0 Å². The fourth-order valence-corrected chi connectivity index (χ4v) is 1.94. The number of para-hydroxylation sites is 1. The van der Waals surface area contributed by atoms with Crippen LogP contribution in [0.5, 0.6) is 5.75 Å². The molecule has 2 nitrogen and oxygen atoms in total. The Morgan fingerprint density at radius 3 is 2.12 bits per heavy atom. The summed E-state index contributed by atoms with van der Waals surface area (Å²) in [5.74, 6) is 0.823. The standard InChI is InChI=1S/C14H13IO2/c15-14(12-7-3-1-4-8-12)17-11-16-13-9-5-2-6-10-13/h1-10,14H,11H2. The highest BCUT2D eigenvalue weighted by Gasteiger charge is 2.06. The van der Waals surface area contributed by atoms with E-state index < -0.39 is 0 Å². The second-order valence-corrected chi connectivity index (χ2v) is 4.60. The first-order valence-corrected chi connectivity index (χ1v) is 6.59. The van der Waals surface area contributed by atoms with Gasteiger partial charge in [-0.3, -0.25) is 0 Å². The highest BCUT2D eigenvalue weighted by molar-refractivity contribution is 14.1. The molecule has 0 aliphatic carbocycles. The molecular weight excluding hydrogens is 327 g/mol. The number of hydrogen-bond donors (Lipinski definition) is 0. The largest absolute Gasteiger partial charge is 0.468 e. The van der Waals surface area contributed by atoms with E-state index >= 15 is 0 Å². The van der Waals surface area contributed by atoms with E-state index in [4.69, 9.17) is 9.47 Å². The lowest BCUT2D eigenvalue weighted by Gasteiger charge is -2.12. The van der Waals surface area contributed by atoms with Crippen molar-refractivity contribution in [3.63, 3.8) is 0 Å². The molecule has 0 fully saturated rings. The molecule has 0 N–H and O–H groups in total. The van der Waals surface area contributed by atoms with Crippen molar-refractivity contribution in [3.8, 4) is 5.75 Å². The van der Waals surface area contributed by atoms with E-state index in [1.54, 1.807) is 0 Å². The van der Waals surface area contributed by atoms with Crippen LogP contribution >= 0.6 is 22.6 Å². The Balaban J connectivity index is 1.79. The van der Waals surface area contributed by atoms with Gasteiger partial charge in [0.2, 0.25) is 0 Å². The van der Waals surface area contributed by atoms with Crippen molar-refractivity contribution in [2.24, 2.45) is 0 Å². The van der Waals surface area contributed by atoms with E-state index in [9.17, 15) is 0 Å². The van der Waals surface area contributed by atoms with E-state index in [0.717, 1.165) is 11.3 Å². The van der Waals surface area contributed by atoms with Gasteiger partial charge in [-0.15, -0.1) is 0 Å². The van der Waals surface area contributed by atoms with Crippen LogP contribution in [0.15, 0.2) is 60.7 Å². The minimum atomic E-state index is 0.0116. The summed E-state index contributed by atoms with van der Waals surface area (Å²) in [6.45, 7) is 0.256. The van der Waals surface area contributed by atoms with Gasteiger partial charge < -0.3 is 9.47 Å². The van der Waals surface area contributed by atoms with Crippen molar-refractivity contribution in [3.05, 3.63) is 66.2 Å². The SMILES string of the molecule is IC(OCOc1ccccc1)c1ccccc1. The van der Waals surface area contributed by atoms with Crippen molar-refractivity contribution < 1.29 is 9.47 Å². The highest BCUT2D eigenvalue weighted by Crippen LogP contribution is 2.24. The number of rotatable bonds is 5. The number of ether oxygens (including phenoxy) is 2. The molecule has 2 rings (SSSR count). The van der Waals surface area contributed by atoms with Crippen molar-refractivity contribution >= 4 is 22.6 Å². The molecule has 0 amide bonds. The smallest absolute Gasteiger partial charge is 0.190 e. The molecule has 0 aliphatic heterocycles. The van der Waals surface area contributed by atoms with Crippen LogP contribution < -0.4 is 4.74 Å². The summed E-state index contributed by atoms with van der Waals surface area (Å²) in [6, 6.07) is 19.7. The summed E-state index contributed by atoms with van der Waals surface area (Å²) in [7, 11) is 0. The zero-order valence-electron chi connectivity index (χ0n) is 9.25. The van der Waals surface area contributed by atoms with E-state index in [1.165, 1.54) is 0 Å². The average Bonchev–Trinajstić information content (AvgIpc) is 2.41. The highest BCUT2D eigenvalue weighted by atomic mass is 127. The summed E-state index contributed by atoms with van der Waals surface area (Å²) in [4.78, 5) is 0. The maximum Gasteiger partial charge on any atom is 0.190 e. The van der Waals surface area contributed by atoms with Gasteiger partial charge in [0.05, 0.1) is 0 Å². The summed E-state index contributed by atoms with van der Waals surface area (Å²) >= 11 is 2.25. The Morgan fingerprint density at radius 1 is 0.882 bits per heavy atom. The van der Waals surface area contributed by atoms with Crippen LogP contribution in [0.4, 0.5) is 0 Å². The van der Waals surface area contributed by atoms with Crippen LogP contribution in [-0.2, 0) is 4.74 Å². The number of benzene rings is 2. The summed E-state index contributed by atoms with van der Waals surface area (Å²) in [6.07, 6.45) is 0. The maximum absolute atomic E-state index is 5.60. The zero-order chi connectivity index (χ0) is 11.9. The van der Waals surface area contributed by atoms with Crippen LogP contribution in [0.25, 0.3) is 0 Å². The third kappa shape index (κ3) is 4.02. The fourth-order valence-electron chi connectivity index (χ4n) is 1.38. The quantitative estimate of drug-likeness (QED) is 0.462. The van der Waals surface area contributed by atoms with E-state index in [1.807, 2.05) is 60.7 Å². The van der Waals surface area contributed by atoms with Crippen LogP contribution in [0, 0.1) is 0 Å². The van der Waals surface area contributed by atoms with Gasteiger partial charge in [-0.25, -0.2) is 0 Å². The molecule has 0 saturated carbocycles. The number of alkyl halides is 1. The van der Waals surface area contributed by atoms with Gasteiger partial charge in [-0.2, -0.15) is 0 Å². The summed E-state index contributed by atoms with van der Waals surface area (Å²) in [5, 5.41) is 0. The predicted molar refractivity (Wildman–Crippen MR) is 76.2 cm³/mol. The van der Waals surface area contributed by atoms with E-state index in [-0.39, 0.29) is 10.9 Å². The van der Waals surface area contributed by atoms with Gasteiger partial charge in [0.1, 0.15) is 9.86 Å². The molecule has 0 aromatic heterocycles. The number of hydrogen-bond acceptors (Lipinski definition) is 2. The molecule has 88 valence electrons. The predicted octanol–water partition coefficient (Wildman–Crippen LogP) is 4.17. The third-order valence-corrected chi connectivity index (χ3v) is 3.32. The Labute approximate surface area is 115 Å². The van der Waals surface area contributed by atoms with E-state index in [0.29, 0.717) is 0 Å². The first kappa shape index (κ1) is 12.4. The second-order valence-electron chi connectivity index (χ2n) is 3.47. The lowest BCUT2D eigenvalue weighted by atomic mass is 10.2. The third-order valence-electron chi connectivity index (χ3n) is 2.24. The van der Waals surface area contributed by atoms with Gasteiger partial charge in [-0.1, -0.05) is 48.5 Å². The molecule has 2 aromatic rings. The molecule has 17 heavy (non-hydrogen) atoms. The molecule has 0 aliphatic rings. The molecule has 1 unspecified atom stereocenters. The number of halogens is 1. The molecule has 3 heteroatoms. The fraction of sp³-hybridized carbons (Fsp3) is 0.143. The van der Waals surface area contributed by atoms with E-state index in [2.05, 4.69) is 22.6 Å². The van der Waals surface area contributed by atoms with Gasteiger partial charge >= 0.3 is 0 Å². The van der Waals surface area contributed by atoms with Gasteiger partial charge in [0, 0.05) is 0 Å². The lowest BCUT2D eigenvalue weighted by molar-refractivity contribution is 0.00731. The Hall–Kier alpha value is -1.07. The first-order valence-electron chi connectivity index (χ1n) is 5.35. The zero-order valence-corrected chi connectivity index (χ0v) is 11.4. The molecule has 1 atom stereocenters. The normalized spacial score (nSPS) is 12.1. The molecule has 2 aromatic carbocycles. The molecule has 0 heterocycles. The maximum atomic E-state index is 5.60. The molecule has 0 bridgehead atoms. The molecule has 0 radical (unpaired) electrons. The van der Waals surface area contributed by atoms with Crippen molar-refractivity contribution in [1.82, 2.24) is 0 Å². The summed E-state index contributed by atoms with van der Waals surface area (Å²) < 4.78 is 11.1. The van der Waals surface area contributed by atoms with Gasteiger partial charge in [0.15, 0.2) is 6.79 Å². The van der Waals surface area contributed by atoms with Crippen molar-refractivity contribution in [1.29, 1.82) is 0 Å². The monoisotopic (exact) mass is 340 g/mol. The van der Waals surface area contributed by atoms with Crippen molar-refractivity contribution in [2.75, 3.05) is 6.79 Å². The summed E-state index contributed by atoms with van der Waals surface area (Å²) in [5.41, 5.74) is 1.14. The van der Waals surface area contributed by atoms with Crippen LogP contribution in [0.3, 0.4) is 0 Å². The molecular formula is C14H13IO2. The Bertz CT molecular complexity index is 430. The van der Waals surface area contributed by atoms with Crippen LogP contribution in [0.1, 0.15) is 9.67 Å². The minimum absolute atomic E-state index is 0.0116. The average molecular weight is 340 g/mol. The molecule has 0 spiro atoms. The first-order chi connectivity index (χ1) is 8.36. The van der Waals surface area contributed by atoms with Crippen LogP contribution in [0.2, 0.25) is 0 Å². The Morgan fingerprint density at radius 2 is 1.47 bits per heavy atom. The minimum Gasteiger partial charge on any atom is -0.468 e. The topological polar surface area (TPSA) is 18.5 Å². The molecule has 0 saturated heterocycles. The second kappa shape index (κ2) is 6.61. The van der Waals surface area contributed by atoms with Gasteiger partial charge in [-0.05, 0) is 40.3 Å².